The molecule has 0 saturated heterocycles. The first-order chi connectivity index (χ1) is 11.0. The van der Waals surface area contributed by atoms with Crippen molar-refractivity contribution in [2.24, 2.45) is 0 Å². The number of amides is 1. The van der Waals surface area contributed by atoms with Crippen molar-refractivity contribution in [3.63, 3.8) is 0 Å². The first-order valence-electron chi connectivity index (χ1n) is 6.26. The molecule has 0 aliphatic rings. The van der Waals surface area contributed by atoms with Gasteiger partial charge < -0.3 is 0 Å². The summed E-state index contributed by atoms with van der Waals surface area (Å²) >= 11 is 6.86. The van der Waals surface area contributed by atoms with Crippen molar-refractivity contribution >= 4 is 49.9 Å². The number of carbonyl (C=O) groups is 1. The number of hydrogen-bond acceptors (Lipinski definition) is 5. The average Bonchev–Trinajstić information content (AvgIpc) is 2.90. The largest absolute Gasteiger partial charge is 0.298 e. The average molecular weight is 352 g/mol. The smallest absolute Gasteiger partial charge is 0.282 e. The van der Waals surface area contributed by atoms with Gasteiger partial charge in [0.05, 0.1) is 9.62 Å². The number of hydrogen-bond donors (Lipinski definition) is 1. The second-order valence-corrected chi connectivity index (χ2v) is 5.95. The molecule has 0 fully saturated rings. The van der Waals surface area contributed by atoms with Crippen molar-refractivity contribution < 1.29 is 14.1 Å². The van der Waals surface area contributed by atoms with E-state index in [1.807, 2.05) is 0 Å². The van der Waals surface area contributed by atoms with Crippen LogP contribution in [0.2, 0.25) is 5.02 Å². The molecular formula is C14H7ClFN3O3S. The van der Waals surface area contributed by atoms with E-state index in [0.717, 1.165) is 17.4 Å². The van der Waals surface area contributed by atoms with Gasteiger partial charge in [-0.3, -0.25) is 20.2 Å². The van der Waals surface area contributed by atoms with Gasteiger partial charge in [0.25, 0.3) is 11.6 Å². The predicted molar refractivity (Wildman–Crippen MR) is 85.6 cm³/mol. The highest BCUT2D eigenvalue weighted by atomic mass is 35.5. The summed E-state index contributed by atoms with van der Waals surface area (Å²) in [5.41, 5.74) is -0.435. The number of nitrogens with zero attached hydrogens (tertiary/aromatic N) is 2. The Morgan fingerprint density at radius 1 is 1.35 bits per heavy atom. The van der Waals surface area contributed by atoms with Gasteiger partial charge in [-0.15, -0.1) is 0 Å². The normalized spacial score (nSPS) is 10.7. The molecule has 1 N–H and O–H groups in total. The molecule has 6 nitrogen and oxygen atoms in total. The summed E-state index contributed by atoms with van der Waals surface area (Å²) in [5.74, 6) is -1.24. The van der Waals surface area contributed by atoms with Crippen LogP contribution in [0.25, 0.3) is 10.2 Å². The van der Waals surface area contributed by atoms with Crippen LogP contribution in [0.5, 0.6) is 0 Å². The maximum atomic E-state index is 13.6. The molecule has 1 heterocycles. The van der Waals surface area contributed by atoms with Gasteiger partial charge >= 0.3 is 0 Å². The van der Waals surface area contributed by atoms with Crippen LogP contribution in [0.15, 0.2) is 36.4 Å². The van der Waals surface area contributed by atoms with Gasteiger partial charge in [0.2, 0.25) is 0 Å². The van der Waals surface area contributed by atoms with E-state index in [4.69, 9.17) is 11.6 Å². The Kier molecular flexibility index (Phi) is 3.93. The minimum absolute atomic E-state index is 0.133. The second-order valence-electron chi connectivity index (χ2n) is 4.48. The Morgan fingerprint density at radius 2 is 2.13 bits per heavy atom. The van der Waals surface area contributed by atoms with Crippen LogP contribution in [0, 0.1) is 15.9 Å². The molecule has 116 valence electrons. The number of carbonyl (C=O) groups excluding carboxylic acids is 1. The molecule has 1 amide bonds. The number of nitrogens with one attached hydrogen (secondary N) is 1. The molecule has 0 atom stereocenters. The minimum atomic E-state index is -0.737. The summed E-state index contributed by atoms with van der Waals surface area (Å²) in [7, 11) is 0. The first kappa shape index (κ1) is 15.3. The van der Waals surface area contributed by atoms with E-state index >= 15 is 0 Å². The summed E-state index contributed by atoms with van der Waals surface area (Å²) in [5, 5.41) is 13.8. The zero-order valence-corrected chi connectivity index (χ0v) is 12.8. The number of nitro groups is 1. The van der Waals surface area contributed by atoms with Gasteiger partial charge in [-0.25, -0.2) is 9.37 Å². The van der Waals surface area contributed by atoms with Crippen LogP contribution >= 0.6 is 22.9 Å². The van der Waals surface area contributed by atoms with Crippen LogP contribution in [-0.4, -0.2) is 15.8 Å². The van der Waals surface area contributed by atoms with Crippen LogP contribution in [0.1, 0.15) is 10.4 Å². The fraction of sp³-hybridized carbons (Fsp3) is 0. The highest BCUT2D eigenvalue weighted by Crippen LogP contribution is 2.29. The van der Waals surface area contributed by atoms with E-state index in [1.165, 1.54) is 24.3 Å². The third kappa shape index (κ3) is 2.99. The van der Waals surface area contributed by atoms with Gasteiger partial charge in [0.1, 0.15) is 16.9 Å². The predicted octanol–water partition coefficient (Wildman–Crippen LogP) is 4.25. The molecule has 0 aliphatic carbocycles. The van der Waals surface area contributed by atoms with Crippen molar-refractivity contribution in [1.29, 1.82) is 0 Å². The zero-order valence-electron chi connectivity index (χ0n) is 11.2. The number of halogens is 2. The molecule has 3 aromatic rings. The number of anilines is 1. The fourth-order valence-electron chi connectivity index (χ4n) is 1.98. The van der Waals surface area contributed by atoms with E-state index in [9.17, 15) is 19.3 Å². The lowest BCUT2D eigenvalue weighted by molar-refractivity contribution is -0.385. The van der Waals surface area contributed by atoms with Crippen molar-refractivity contribution in [2.45, 2.75) is 0 Å². The molecule has 0 bridgehead atoms. The quantitative estimate of drug-likeness (QED) is 0.564. The Labute approximate surface area is 137 Å². The van der Waals surface area contributed by atoms with Crippen molar-refractivity contribution in [2.75, 3.05) is 5.32 Å². The highest BCUT2D eigenvalue weighted by Gasteiger charge is 2.21. The molecule has 1 aromatic heterocycles. The summed E-state index contributed by atoms with van der Waals surface area (Å²) in [4.78, 5) is 26.6. The fourth-order valence-corrected chi connectivity index (χ4v) is 3.03. The molecular weight excluding hydrogens is 345 g/mol. The van der Waals surface area contributed by atoms with Crippen LogP contribution in [0.4, 0.5) is 15.2 Å². The van der Waals surface area contributed by atoms with Gasteiger partial charge in [-0.2, -0.15) is 0 Å². The van der Waals surface area contributed by atoms with Crippen LogP contribution < -0.4 is 5.32 Å². The Balaban J connectivity index is 1.96. The van der Waals surface area contributed by atoms with E-state index in [-0.39, 0.29) is 26.9 Å². The standard InChI is InChI=1S/C14H7ClFN3O3S/c15-7-4-5-10(19(21)22)8(6-7)13(20)18-14-17-12-9(16)2-1-3-11(12)23-14/h1-6H,(H,17,18,20). The number of para-hydroxylation sites is 1. The molecule has 3 rings (SSSR count). The van der Waals surface area contributed by atoms with Crippen molar-refractivity contribution in [3.8, 4) is 0 Å². The SMILES string of the molecule is O=C(Nc1nc2c(F)cccc2s1)c1cc(Cl)ccc1[N+](=O)[O-]. The summed E-state index contributed by atoms with van der Waals surface area (Å²) in [6, 6.07) is 8.12. The monoisotopic (exact) mass is 351 g/mol. The lowest BCUT2D eigenvalue weighted by Crippen LogP contribution is -2.13. The Bertz CT molecular complexity index is 944. The zero-order chi connectivity index (χ0) is 16.6. The van der Waals surface area contributed by atoms with Gasteiger partial charge in [-0.1, -0.05) is 29.0 Å². The number of rotatable bonds is 3. The van der Waals surface area contributed by atoms with Crippen molar-refractivity contribution in [3.05, 3.63) is 62.9 Å². The number of thiazole rings is 1. The molecule has 9 heteroatoms. The second kappa shape index (κ2) is 5.90. The molecule has 0 unspecified atom stereocenters. The summed E-state index contributed by atoms with van der Waals surface area (Å²) in [6.07, 6.45) is 0. The summed E-state index contributed by atoms with van der Waals surface area (Å²) in [6.45, 7) is 0. The van der Waals surface area contributed by atoms with Gasteiger partial charge in [0, 0.05) is 11.1 Å². The van der Waals surface area contributed by atoms with Crippen LogP contribution in [0.3, 0.4) is 0 Å². The first-order valence-corrected chi connectivity index (χ1v) is 7.45. The molecule has 0 radical (unpaired) electrons. The van der Waals surface area contributed by atoms with Gasteiger partial charge in [-0.05, 0) is 24.3 Å². The van der Waals surface area contributed by atoms with E-state index in [2.05, 4.69) is 10.3 Å². The summed E-state index contributed by atoms with van der Waals surface area (Å²) < 4.78 is 14.2. The third-order valence-corrected chi connectivity index (χ3v) is 4.16. The Morgan fingerprint density at radius 3 is 2.83 bits per heavy atom. The van der Waals surface area contributed by atoms with E-state index in [1.54, 1.807) is 6.07 Å². The third-order valence-electron chi connectivity index (χ3n) is 2.99. The van der Waals surface area contributed by atoms with Gasteiger partial charge in [0.15, 0.2) is 5.13 Å². The topological polar surface area (TPSA) is 85.1 Å². The molecule has 2 aromatic carbocycles. The number of nitro benzene ring substituents is 1. The maximum absolute atomic E-state index is 13.6. The highest BCUT2D eigenvalue weighted by molar-refractivity contribution is 7.22. The van der Waals surface area contributed by atoms with E-state index in [0.29, 0.717) is 4.70 Å². The van der Waals surface area contributed by atoms with Crippen LogP contribution in [-0.2, 0) is 0 Å². The molecule has 0 spiro atoms. The maximum Gasteiger partial charge on any atom is 0.282 e. The van der Waals surface area contributed by atoms with Crippen molar-refractivity contribution in [1.82, 2.24) is 4.98 Å². The lowest BCUT2D eigenvalue weighted by Gasteiger charge is -2.03. The number of benzene rings is 2. The molecule has 0 aliphatic heterocycles. The lowest BCUT2D eigenvalue weighted by atomic mass is 10.1. The number of fused-ring (bicyclic) bond motifs is 1. The minimum Gasteiger partial charge on any atom is -0.298 e. The molecule has 0 saturated carbocycles. The van der Waals surface area contributed by atoms with E-state index < -0.39 is 16.6 Å². The molecule has 23 heavy (non-hydrogen) atoms. The Hall–Kier alpha value is -2.58. The number of aromatic nitrogens is 1.